The number of carbonyl (C=O) groups is 1. The number of methoxy groups -OCH3 is 1. The maximum atomic E-state index is 13.6. The van der Waals surface area contributed by atoms with Crippen LogP contribution in [0.4, 0.5) is 10.1 Å². The Balaban J connectivity index is 2.32. The van der Waals surface area contributed by atoms with E-state index in [9.17, 15) is 9.18 Å². The molecule has 2 rings (SSSR count). The first-order valence-corrected chi connectivity index (χ1v) is 6.30. The molecular weight excluding hydrogens is 281 g/mol. The summed E-state index contributed by atoms with van der Waals surface area (Å²) in [5.41, 5.74) is 1.32. The highest BCUT2D eigenvalue weighted by molar-refractivity contribution is 6.31. The number of carbonyl (C=O) groups excluding carboxylic acids is 1. The molecule has 20 heavy (non-hydrogen) atoms. The zero-order valence-corrected chi connectivity index (χ0v) is 11.8. The number of hydrogen-bond acceptors (Lipinski definition) is 2. The molecule has 104 valence electrons. The van der Waals surface area contributed by atoms with Gasteiger partial charge in [0.05, 0.1) is 18.4 Å². The second-order valence-corrected chi connectivity index (χ2v) is 4.72. The molecule has 1 amide bonds. The molecule has 1 N–H and O–H groups in total. The van der Waals surface area contributed by atoms with E-state index in [1.54, 1.807) is 12.1 Å². The Morgan fingerprint density at radius 3 is 2.70 bits per heavy atom. The van der Waals surface area contributed by atoms with Crippen LogP contribution in [0, 0.1) is 12.7 Å². The second-order valence-electron chi connectivity index (χ2n) is 4.28. The van der Waals surface area contributed by atoms with Crippen LogP contribution in [-0.2, 0) is 0 Å². The third-order valence-corrected chi connectivity index (χ3v) is 3.01. The minimum absolute atomic E-state index is 0.110. The predicted octanol–water partition coefficient (Wildman–Crippen LogP) is 4.05. The van der Waals surface area contributed by atoms with Crippen molar-refractivity contribution in [2.75, 3.05) is 12.4 Å². The molecule has 0 heterocycles. The summed E-state index contributed by atoms with van der Waals surface area (Å²) in [4.78, 5) is 12.1. The van der Waals surface area contributed by atoms with E-state index >= 15 is 0 Å². The zero-order valence-electron chi connectivity index (χ0n) is 11.0. The van der Waals surface area contributed by atoms with Gasteiger partial charge < -0.3 is 10.1 Å². The SMILES string of the molecule is COc1ccc(C)cc1NC(=O)c1cc(Cl)ccc1F. The van der Waals surface area contributed by atoms with E-state index in [-0.39, 0.29) is 5.56 Å². The van der Waals surface area contributed by atoms with Crippen molar-refractivity contribution in [3.63, 3.8) is 0 Å². The average molecular weight is 294 g/mol. The van der Waals surface area contributed by atoms with E-state index in [0.717, 1.165) is 11.6 Å². The molecule has 0 bridgehead atoms. The van der Waals surface area contributed by atoms with Crippen LogP contribution < -0.4 is 10.1 Å². The molecule has 0 spiro atoms. The summed E-state index contributed by atoms with van der Waals surface area (Å²) >= 11 is 5.78. The van der Waals surface area contributed by atoms with Crippen molar-refractivity contribution in [3.8, 4) is 5.75 Å². The van der Waals surface area contributed by atoms with Crippen molar-refractivity contribution in [2.24, 2.45) is 0 Å². The molecule has 0 aliphatic heterocycles. The summed E-state index contributed by atoms with van der Waals surface area (Å²) in [6.45, 7) is 1.88. The van der Waals surface area contributed by atoms with Crippen molar-refractivity contribution >= 4 is 23.2 Å². The standard InChI is InChI=1S/C15H13ClFNO2/c1-9-3-6-14(20-2)13(7-9)18-15(19)11-8-10(16)4-5-12(11)17/h3-8H,1-2H3,(H,18,19). The molecule has 0 radical (unpaired) electrons. The molecule has 0 saturated carbocycles. The monoisotopic (exact) mass is 293 g/mol. The fourth-order valence-corrected chi connectivity index (χ4v) is 1.95. The van der Waals surface area contributed by atoms with Gasteiger partial charge in [0.15, 0.2) is 0 Å². The lowest BCUT2D eigenvalue weighted by atomic mass is 10.1. The highest BCUT2D eigenvalue weighted by Crippen LogP contribution is 2.26. The Bertz CT molecular complexity index is 658. The molecule has 0 aliphatic carbocycles. The first-order valence-electron chi connectivity index (χ1n) is 5.92. The third kappa shape index (κ3) is 3.08. The van der Waals surface area contributed by atoms with Gasteiger partial charge in [-0.1, -0.05) is 17.7 Å². The summed E-state index contributed by atoms with van der Waals surface area (Å²) in [6, 6.07) is 9.17. The van der Waals surface area contributed by atoms with Gasteiger partial charge in [-0.2, -0.15) is 0 Å². The number of anilines is 1. The van der Waals surface area contributed by atoms with Gasteiger partial charge in [0, 0.05) is 5.02 Å². The average Bonchev–Trinajstić information content (AvgIpc) is 2.41. The first kappa shape index (κ1) is 14.3. The number of halogens is 2. The maximum Gasteiger partial charge on any atom is 0.258 e. The molecule has 2 aromatic rings. The predicted molar refractivity (Wildman–Crippen MR) is 77.1 cm³/mol. The molecule has 3 nitrogen and oxygen atoms in total. The van der Waals surface area contributed by atoms with Crippen molar-refractivity contribution in [1.82, 2.24) is 0 Å². The number of rotatable bonds is 3. The largest absolute Gasteiger partial charge is 0.495 e. The fraction of sp³-hybridized carbons (Fsp3) is 0.133. The molecule has 0 aromatic heterocycles. The fourth-order valence-electron chi connectivity index (χ4n) is 1.78. The van der Waals surface area contributed by atoms with Gasteiger partial charge in [0.1, 0.15) is 11.6 Å². The van der Waals surface area contributed by atoms with Gasteiger partial charge in [-0.05, 0) is 42.8 Å². The van der Waals surface area contributed by atoms with Gasteiger partial charge in [-0.3, -0.25) is 4.79 Å². The number of hydrogen-bond donors (Lipinski definition) is 1. The lowest BCUT2D eigenvalue weighted by molar-refractivity contribution is 0.102. The molecule has 5 heteroatoms. The Hall–Kier alpha value is -2.07. The smallest absolute Gasteiger partial charge is 0.258 e. The Morgan fingerprint density at radius 2 is 2.00 bits per heavy atom. The summed E-state index contributed by atoms with van der Waals surface area (Å²) in [7, 11) is 1.50. The van der Waals surface area contributed by atoms with Gasteiger partial charge in [0.2, 0.25) is 0 Å². The van der Waals surface area contributed by atoms with Crippen LogP contribution in [0.15, 0.2) is 36.4 Å². The van der Waals surface area contributed by atoms with E-state index in [2.05, 4.69) is 5.32 Å². The molecule has 0 aliphatic rings. The van der Waals surface area contributed by atoms with Crippen LogP contribution in [0.1, 0.15) is 15.9 Å². The normalized spacial score (nSPS) is 10.2. The van der Waals surface area contributed by atoms with Crippen LogP contribution in [0.3, 0.4) is 0 Å². The molecule has 0 saturated heterocycles. The van der Waals surface area contributed by atoms with Gasteiger partial charge in [0.25, 0.3) is 5.91 Å². The van der Waals surface area contributed by atoms with Crippen molar-refractivity contribution < 1.29 is 13.9 Å². The van der Waals surface area contributed by atoms with Gasteiger partial charge >= 0.3 is 0 Å². The lowest BCUT2D eigenvalue weighted by Crippen LogP contribution is -2.14. The Morgan fingerprint density at radius 1 is 1.25 bits per heavy atom. The summed E-state index contributed by atoms with van der Waals surface area (Å²) in [5, 5.41) is 2.92. The van der Waals surface area contributed by atoms with Crippen LogP contribution in [-0.4, -0.2) is 13.0 Å². The van der Waals surface area contributed by atoms with Crippen LogP contribution in [0.25, 0.3) is 0 Å². The third-order valence-electron chi connectivity index (χ3n) is 2.78. The van der Waals surface area contributed by atoms with Crippen LogP contribution >= 0.6 is 11.6 Å². The minimum Gasteiger partial charge on any atom is -0.495 e. The Labute approximate surface area is 121 Å². The van der Waals surface area contributed by atoms with Crippen LogP contribution in [0.5, 0.6) is 5.75 Å². The lowest BCUT2D eigenvalue weighted by Gasteiger charge is -2.11. The number of ether oxygens (including phenoxy) is 1. The van der Waals surface area contributed by atoms with E-state index in [0.29, 0.717) is 16.5 Å². The number of nitrogens with one attached hydrogen (secondary N) is 1. The van der Waals surface area contributed by atoms with Gasteiger partial charge in [-0.25, -0.2) is 4.39 Å². The quantitative estimate of drug-likeness (QED) is 0.927. The summed E-state index contributed by atoms with van der Waals surface area (Å²) in [6.07, 6.45) is 0. The highest BCUT2D eigenvalue weighted by Gasteiger charge is 2.14. The molecule has 0 unspecified atom stereocenters. The number of amides is 1. The zero-order chi connectivity index (χ0) is 14.7. The summed E-state index contributed by atoms with van der Waals surface area (Å²) in [5.74, 6) is -0.696. The van der Waals surface area contributed by atoms with Crippen LogP contribution in [0.2, 0.25) is 5.02 Å². The van der Waals surface area contributed by atoms with Crippen molar-refractivity contribution in [2.45, 2.75) is 6.92 Å². The topological polar surface area (TPSA) is 38.3 Å². The summed E-state index contributed by atoms with van der Waals surface area (Å²) < 4.78 is 18.8. The number of benzene rings is 2. The van der Waals surface area contributed by atoms with Gasteiger partial charge in [-0.15, -0.1) is 0 Å². The maximum absolute atomic E-state index is 13.6. The second kappa shape index (κ2) is 5.92. The number of aryl methyl sites for hydroxylation is 1. The van der Waals surface area contributed by atoms with Crippen molar-refractivity contribution in [1.29, 1.82) is 0 Å². The van der Waals surface area contributed by atoms with E-state index in [1.165, 1.54) is 19.2 Å². The minimum atomic E-state index is -0.626. The molecule has 0 fully saturated rings. The Kier molecular flexibility index (Phi) is 4.25. The van der Waals surface area contributed by atoms with E-state index in [1.807, 2.05) is 13.0 Å². The molecular formula is C15H13ClFNO2. The molecule has 2 aromatic carbocycles. The highest BCUT2D eigenvalue weighted by atomic mass is 35.5. The van der Waals surface area contributed by atoms with E-state index in [4.69, 9.17) is 16.3 Å². The van der Waals surface area contributed by atoms with Crippen molar-refractivity contribution in [3.05, 3.63) is 58.4 Å². The molecule has 0 atom stereocenters. The van der Waals surface area contributed by atoms with E-state index < -0.39 is 11.7 Å². The first-order chi connectivity index (χ1) is 9.51.